The maximum Gasteiger partial charge on any atom is 0.410 e. The highest BCUT2D eigenvalue weighted by atomic mass is 16.6. The largest absolute Gasteiger partial charge is 0.444 e. The van der Waals surface area contributed by atoms with E-state index in [1.54, 1.807) is 4.90 Å². The van der Waals surface area contributed by atoms with Crippen molar-refractivity contribution in [2.45, 2.75) is 84.4 Å². The number of likely N-dealkylation sites (tertiary alicyclic amines) is 1. The number of rotatable bonds is 5. The molecule has 7 nitrogen and oxygen atoms in total. The second kappa shape index (κ2) is 10.0. The summed E-state index contributed by atoms with van der Waals surface area (Å²) in [4.78, 5) is 29.3. The van der Waals surface area contributed by atoms with Crippen molar-refractivity contribution in [3.05, 3.63) is 35.4 Å². The van der Waals surface area contributed by atoms with E-state index in [1.807, 2.05) is 32.9 Å². The third kappa shape index (κ3) is 6.68. The number of ether oxygens (including phenoxy) is 2. The van der Waals surface area contributed by atoms with Crippen molar-refractivity contribution < 1.29 is 19.1 Å². The fraction of sp³-hybridized carbons (Fsp3) is 0.667. The molecule has 31 heavy (non-hydrogen) atoms. The van der Waals surface area contributed by atoms with Gasteiger partial charge in [-0.25, -0.2) is 4.79 Å². The lowest BCUT2D eigenvalue weighted by atomic mass is 10.1. The van der Waals surface area contributed by atoms with Gasteiger partial charge in [0.1, 0.15) is 11.6 Å². The molecule has 2 fully saturated rings. The Morgan fingerprint density at radius 2 is 1.77 bits per heavy atom. The molecule has 2 saturated heterocycles. The summed E-state index contributed by atoms with van der Waals surface area (Å²) in [5.41, 5.74) is 1.73. The fourth-order valence-corrected chi connectivity index (χ4v) is 4.42. The van der Waals surface area contributed by atoms with Crippen molar-refractivity contribution in [1.82, 2.24) is 15.1 Å². The Kier molecular flexibility index (Phi) is 7.59. The van der Waals surface area contributed by atoms with E-state index in [2.05, 4.69) is 36.2 Å². The van der Waals surface area contributed by atoms with E-state index in [1.165, 1.54) is 5.56 Å². The van der Waals surface area contributed by atoms with Gasteiger partial charge in [-0.05, 0) is 58.6 Å². The first-order valence-electron chi connectivity index (χ1n) is 11.3. The zero-order valence-electron chi connectivity index (χ0n) is 19.5. The average molecular weight is 432 g/mol. The molecule has 1 N–H and O–H groups in total. The van der Waals surface area contributed by atoms with E-state index in [4.69, 9.17) is 9.47 Å². The van der Waals surface area contributed by atoms with Crippen LogP contribution in [0.4, 0.5) is 4.79 Å². The van der Waals surface area contributed by atoms with Crippen LogP contribution < -0.4 is 5.32 Å². The van der Waals surface area contributed by atoms with Gasteiger partial charge < -0.3 is 14.8 Å². The van der Waals surface area contributed by atoms with E-state index >= 15 is 0 Å². The second-order valence-corrected chi connectivity index (χ2v) is 9.77. The van der Waals surface area contributed by atoms with Gasteiger partial charge in [0, 0.05) is 32.7 Å². The summed E-state index contributed by atoms with van der Waals surface area (Å²) in [6.45, 7) is 13.3. The van der Waals surface area contributed by atoms with Gasteiger partial charge in [0.2, 0.25) is 5.91 Å². The lowest BCUT2D eigenvalue weighted by Crippen LogP contribution is -2.47. The van der Waals surface area contributed by atoms with E-state index < -0.39 is 17.7 Å². The molecular weight excluding hydrogens is 394 g/mol. The monoisotopic (exact) mass is 431 g/mol. The van der Waals surface area contributed by atoms with Gasteiger partial charge >= 0.3 is 6.09 Å². The zero-order chi connectivity index (χ0) is 22.6. The number of hydrogen-bond acceptors (Lipinski definition) is 5. The van der Waals surface area contributed by atoms with Crippen molar-refractivity contribution in [3.8, 4) is 0 Å². The highest BCUT2D eigenvalue weighted by Gasteiger charge is 2.36. The molecule has 1 aromatic carbocycles. The van der Waals surface area contributed by atoms with Crippen LogP contribution in [-0.4, -0.2) is 65.3 Å². The Morgan fingerprint density at radius 1 is 1.13 bits per heavy atom. The Hall–Kier alpha value is -2.12. The smallest absolute Gasteiger partial charge is 0.410 e. The third-order valence-electron chi connectivity index (χ3n) is 5.64. The van der Waals surface area contributed by atoms with Crippen molar-refractivity contribution in [2.24, 2.45) is 0 Å². The Bertz CT molecular complexity index is 766. The highest BCUT2D eigenvalue weighted by molar-refractivity contribution is 5.86. The first-order valence-corrected chi connectivity index (χ1v) is 11.3. The number of hydrogen-bond donors (Lipinski definition) is 1. The molecule has 3 atom stereocenters. The van der Waals surface area contributed by atoms with Gasteiger partial charge in [-0.1, -0.05) is 24.3 Å². The summed E-state index contributed by atoms with van der Waals surface area (Å²) in [6, 6.07) is 7.74. The number of morpholine rings is 1. The molecule has 2 heterocycles. The van der Waals surface area contributed by atoms with Gasteiger partial charge in [0.05, 0.1) is 12.2 Å². The molecule has 1 aromatic rings. The maximum absolute atomic E-state index is 12.9. The van der Waals surface area contributed by atoms with Crippen LogP contribution in [0, 0.1) is 0 Å². The number of benzene rings is 1. The van der Waals surface area contributed by atoms with Gasteiger partial charge in [0.15, 0.2) is 0 Å². The SMILES string of the molecule is C[C@@H]1CN(Cc2ccccc2CNC(=O)[C@H]2CCCN2C(=O)OC(C)(C)C)C[C@@H](C)O1. The highest BCUT2D eigenvalue weighted by Crippen LogP contribution is 2.22. The molecule has 3 rings (SSSR count). The molecule has 0 unspecified atom stereocenters. The van der Waals surface area contributed by atoms with Crippen LogP contribution in [0.5, 0.6) is 0 Å². The molecule has 7 heteroatoms. The van der Waals surface area contributed by atoms with E-state index in [-0.39, 0.29) is 18.1 Å². The van der Waals surface area contributed by atoms with Crippen LogP contribution in [0.2, 0.25) is 0 Å². The molecule has 0 aliphatic carbocycles. The van der Waals surface area contributed by atoms with Crippen LogP contribution in [0.3, 0.4) is 0 Å². The minimum Gasteiger partial charge on any atom is -0.444 e. The topological polar surface area (TPSA) is 71.1 Å². The predicted octanol–water partition coefficient (Wildman–Crippen LogP) is 3.31. The number of nitrogens with zero attached hydrogens (tertiary/aromatic N) is 2. The van der Waals surface area contributed by atoms with E-state index in [0.29, 0.717) is 19.5 Å². The molecule has 0 radical (unpaired) electrons. The summed E-state index contributed by atoms with van der Waals surface area (Å²) in [6.07, 6.45) is 1.49. The number of nitrogens with one attached hydrogen (secondary N) is 1. The van der Waals surface area contributed by atoms with Crippen molar-refractivity contribution >= 4 is 12.0 Å². The maximum atomic E-state index is 12.9. The van der Waals surface area contributed by atoms with Gasteiger partial charge in [-0.15, -0.1) is 0 Å². The minimum absolute atomic E-state index is 0.119. The molecule has 2 amide bonds. The quantitative estimate of drug-likeness (QED) is 0.775. The minimum atomic E-state index is -0.575. The molecule has 0 saturated carbocycles. The second-order valence-electron chi connectivity index (χ2n) is 9.77. The third-order valence-corrected chi connectivity index (χ3v) is 5.64. The summed E-state index contributed by atoms with van der Waals surface area (Å²) in [7, 11) is 0. The van der Waals surface area contributed by atoms with Crippen LogP contribution in [-0.2, 0) is 27.4 Å². The number of amides is 2. The first kappa shape index (κ1) is 23.5. The van der Waals surface area contributed by atoms with Crippen LogP contribution >= 0.6 is 0 Å². The molecule has 2 aliphatic heterocycles. The van der Waals surface area contributed by atoms with Gasteiger partial charge in [-0.3, -0.25) is 14.6 Å². The van der Waals surface area contributed by atoms with E-state index in [9.17, 15) is 9.59 Å². The van der Waals surface area contributed by atoms with Crippen LogP contribution in [0.15, 0.2) is 24.3 Å². The Balaban J connectivity index is 1.59. The normalized spacial score (nSPS) is 24.8. The van der Waals surface area contributed by atoms with Gasteiger partial charge in [-0.2, -0.15) is 0 Å². The van der Waals surface area contributed by atoms with Crippen molar-refractivity contribution in [2.75, 3.05) is 19.6 Å². The molecule has 2 aliphatic rings. The fourth-order valence-electron chi connectivity index (χ4n) is 4.42. The van der Waals surface area contributed by atoms with Gasteiger partial charge in [0.25, 0.3) is 0 Å². The summed E-state index contributed by atoms with van der Waals surface area (Å²) >= 11 is 0. The molecule has 0 aromatic heterocycles. The predicted molar refractivity (Wildman–Crippen MR) is 120 cm³/mol. The first-order chi connectivity index (χ1) is 14.6. The molecule has 0 spiro atoms. The number of carbonyl (C=O) groups is 2. The van der Waals surface area contributed by atoms with Crippen LogP contribution in [0.1, 0.15) is 58.6 Å². The Morgan fingerprint density at radius 3 is 2.42 bits per heavy atom. The lowest BCUT2D eigenvalue weighted by molar-refractivity contribution is -0.125. The molecular formula is C24H37N3O4. The summed E-state index contributed by atoms with van der Waals surface area (Å²) in [5, 5.41) is 3.05. The molecule has 0 bridgehead atoms. The summed E-state index contributed by atoms with van der Waals surface area (Å²) < 4.78 is 11.3. The molecule has 172 valence electrons. The van der Waals surface area contributed by atoms with Crippen LogP contribution in [0.25, 0.3) is 0 Å². The van der Waals surface area contributed by atoms with Crippen molar-refractivity contribution in [3.63, 3.8) is 0 Å². The lowest BCUT2D eigenvalue weighted by Gasteiger charge is -2.35. The standard InChI is InChI=1S/C24H37N3O4/c1-17-14-26(15-18(2)30-17)16-20-10-7-6-9-19(20)13-25-22(28)21-11-8-12-27(21)23(29)31-24(3,4)5/h6-7,9-10,17-18,21H,8,11-16H2,1-5H3,(H,25,28)/t17-,18-,21-/m1/s1. The zero-order valence-corrected chi connectivity index (χ0v) is 19.5. The number of carbonyl (C=O) groups excluding carboxylic acids is 2. The Labute approximate surface area is 186 Å². The van der Waals surface area contributed by atoms with E-state index in [0.717, 1.165) is 31.6 Å². The van der Waals surface area contributed by atoms with Crippen molar-refractivity contribution in [1.29, 1.82) is 0 Å². The average Bonchev–Trinajstić information content (AvgIpc) is 3.15. The summed E-state index contributed by atoms with van der Waals surface area (Å²) in [5.74, 6) is -0.119.